The van der Waals surface area contributed by atoms with Crippen LogP contribution in [0.3, 0.4) is 0 Å². The second-order valence-corrected chi connectivity index (χ2v) is 6.91. The van der Waals surface area contributed by atoms with Crippen LogP contribution in [0, 0.1) is 18.7 Å². The first kappa shape index (κ1) is 14.9. The summed E-state index contributed by atoms with van der Waals surface area (Å²) in [5, 5.41) is 4.15. The Labute approximate surface area is 120 Å². The van der Waals surface area contributed by atoms with E-state index in [2.05, 4.69) is 26.1 Å². The molecule has 0 aliphatic carbocycles. The van der Waals surface area contributed by atoms with Crippen molar-refractivity contribution < 1.29 is 4.39 Å². The van der Waals surface area contributed by atoms with Gasteiger partial charge in [-0.1, -0.05) is 20.8 Å². The smallest absolute Gasteiger partial charge is 0.123 e. The van der Waals surface area contributed by atoms with Gasteiger partial charge in [0.2, 0.25) is 0 Å². The van der Waals surface area contributed by atoms with E-state index < -0.39 is 0 Å². The van der Waals surface area contributed by atoms with Crippen molar-refractivity contribution in [3.05, 3.63) is 34.6 Å². The molecule has 106 valence electrons. The third kappa shape index (κ3) is 3.14. The monoisotopic (exact) mass is 281 g/mol. The van der Waals surface area contributed by atoms with E-state index in [-0.39, 0.29) is 11.9 Å². The Morgan fingerprint density at radius 2 is 2.16 bits per heavy atom. The molecule has 0 bridgehead atoms. The predicted molar refractivity (Wildman–Crippen MR) is 82.1 cm³/mol. The second kappa shape index (κ2) is 6.27. The van der Waals surface area contributed by atoms with Crippen molar-refractivity contribution >= 4 is 11.8 Å². The molecule has 0 fully saturated rings. The van der Waals surface area contributed by atoms with E-state index in [0.29, 0.717) is 11.2 Å². The highest BCUT2D eigenvalue weighted by molar-refractivity contribution is 7.99. The van der Waals surface area contributed by atoms with Crippen LogP contribution in [-0.2, 0) is 5.75 Å². The van der Waals surface area contributed by atoms with Crippen LogP contribution in [0.5, 0.6) is 0 Å². The number of halogens is 1. The molecule has 1 heterocycles. The first-order valence-corrected chi connectivity index (χ1v) is 8.23. The Hall–Kier alpha value is -0.540. The zero-order valence-electron chi connectivity index (χ0n) is 12.3. The summed E-state index contributed by atoms with van der Waals surface area (Å²) in [6, 6.07) is 3.68. The van der Waals surface area contributed by atoms with Gasteiger partial charge < -0.3 is 5.32 Å². The maximum absolute atomic E-state index is 13.7. The molecule has 2 unspecified atom stereocenters. The van der Waals surface area contributed by atoms with Crippen molar-refractivity contribution in [2.24, 2.45) is 5.92 Å². The molecular formula is C16H24FNS. The topological polar surface area (TPSA) is 12.0 Å². The van der Waals surface area contributed by atoms with Gasteiger partial charge in [0, 0.05) is 17.0 Å². The van der Waals surface area contributed by atoms with Gasteiger partial charge in [-0.15, -0.1) is 0 Å². The molecule has 0 spiro atoms. The van der Waals surface area contributed by atoms with Gasteiger partial charge in [-0.2, -0.15) is 11.8 Å². The van der Waals surface area contributed by atoms with Crippen molar-refractivity contribution in [3.63, 3.8) is 0 Å². The summed E-state index contributed by atoms with van der Waals surface area (Å²) >= 11 is 2.01. The van der Waals surface area contributed by atoms with Gasteiger partial charge in [0.1, 0.15) is 5.82 Å². The molecule has 2 rings (SSSR count). The van der Waals surface area contributed by atoms with Crippen LogP contribution >= 0.6 is 11.8 Å². The van der Waals surface area contributed by atoms with Gasteiger partial charge in [-0.25, -0.2) is 4.39 Å². The minimum Gasteiger partial charge on any atom is -0.309 e. The van der Waals surface area contributed by atoms with E-state index in [0.717, 1.165) is 24.3 Å². The van der Waals surface area contributed by atoms with E-state index in [1.807, 2.05) is 18.7 Å². The van der Waals surface area contributed by atoms with Crippen LogP contribution in [0.4, 0.5) is 4.39 Å². The van der Waals surface area contributed by atoms with Crippen LogP contribution < -0.4 is 5.32 Å². The highest BCUT2D eigenvalue weighted by Gasteiger charge is 2.32. The molecule has 1 nitrogen and oxygen atoms in total. The minimum atomic E-state index is -0.103. The lowest BCUT2D eigenvalue weighted by molar-refractivity contribution is 0.436. The predicted octanol–water partition coefficient (Wildman–Crippen LogP) is 4.45. The fraction of sp³-hybridized carbons (Fsp3) is 0.625. The fourth-order valence-corrected chi connectivity index (χ4v) is 4.40. The Balaban J connectivity index is 2.39. The molecule has 0 saturated heterocycles. The van der Waals surface area contributed by atoms with Crippen molar-refractivity contribution in [3.8, 4) is 0 Å². The molecule has 1 aromatic carbocycles. The molecule has 1 aliphatic heterocycles. The Bertz CT molecular complexity index is 445. The number of aryl methyl sites for hydroxylation is 1. The highest BCUT2D eigenvalue weighted by atomic mass is 32.2. The molecule has 0 amide bonds. The van der Waals surface area contributed by atoms with Crippen molar-refractivity contribution in [1.82, 2.24) is 5.32 Å². The van der Waals surface area contributed by atoms with Crippen LogP contribution in [0.15, 0.2) is 12.1 Å². The SMILES string of the molecule is CCCNC1c2cc(F)cc(C)c2CSC1C(C)C. The summed E-state index contributed by atoms with van der Waals surface area (Å²) < 4.78 is 13.7. The summed E-state index contributed by atoms with van der Waals surface area (Å²) in [6.07, 6.45) is 1.11. The Morgan fingerprint density at radius 3 is 2.79 bits per heavy atom. The van der Waals surface area contributed by atoms with E-state index in [4.69, 9.17) is 0 Å². The van der Waals surface area contributed by atoms with E-state index >= 15 is 0 Å². The maximum atomic E-state index is 13.7. The summed E-state index contributed by atoms with van der Waals surface area (Å²) in [5.74, 6) is 1.50. The number of hydrogen-bond acceptors (Lipinski definition) is 2. The van der Waals surface area contributed by atoms with Gasteiger partial charge in [0.25, 0.3) is 0 Å². The first-order chi connectivity index (χ1) is 9.04. The number of nitrogens with one attached hydrogen (secondary N) is 1. The van der Waals surface area contributed by atoms with Crippen LogP contribution in [0.2, 0.25) is 0 Å². The van der Waals surface area contributed by atoms with Gasteiger partial charge in [0.15, 0.2) is 0 Å². The summed E-state index contributed by atoms with van der Waals surface area (Å²) in [6.45, 7) is 9.70. The lowest BCUT2D eigenvalue weighted by Gasteiger charge is -2.37. The maximum Gasteiger partial charge on any atom is 0.123 e. The number of benzene rings is 1. The van der Waals surface area contributed by atoms with Gasteiger partial charge >= 0.3 is 0 Å². The van der Waals surface area contributed by atoms with Gasteiger partial charge in [-0.05, 0) is 54.6 Å². The standard InChI is InChI=1S/C16H24FNS/c1-5-6-18-15-13-8-12(17)7-11(4)14(13)9-19-16(15)10(2)3/h7-8,10,15-16,18H,5-6,9H2,1-4H3. The molecule has 1 N–H and O–H groups in total. The zero-order valence-corrected chi connectivity index (χ0v) is 13.1. The average Bonchev–Trinajstić information content (AvgIpc) is 2.35. The van der Waals surface area contributed by atoms with E-state index in [9.17, 15) is 4.39 Å². The lowest BCUT2D eigenvalue weighted by atomic mass is 9.90. The normalized spacial score (nSPS) is 22.6. The molecular weight excluding hydrogens is 257 g/mol. The van der Waals surface area contributed by atoms with Gasteiger partial charge in [-0.3, -0.25) is 0 Å². The minimum absolute atomic E-state index is 0.103. The third-order valence-electron chi connectivity index (χ3n) is 3.83. The molecule has 1 aromatic rings. The molecule has 2 atom stereocenters. The van der Waals surface area contributed by atoms with Crippen molar-refractivity contribution in [2.45, 2.75) is 51.2 Å². The quantitative estimate of drug-likeness (QED) is 0.875. The van der Waals surface area contributed by atoms with Crippen LogP contribution in [0.25, 0.3) is 0 Å². The zero-order chi connectivity index (χ0) is 14.0. The number of thioether (sulfide) groups is 1. The molecule has 1 aliphatic rings. The molecule has 19 heavy (non-hydrogen) atoms. The molecule has 3 heteroatoms. The van der Waals surface area contributed by atoms with Crippen LogP contribution in [0.1, 0.15) is 49.9 Å². The summed E-state index contributed by atoms with van der Waals surface area (Å²) in [4.78, 5) is 0. The fourth-order valence-electron chi connectivity index (χ4n) is 2.83. The lowest BCUT2D eigenvalue weighted by Crippen LogP contribution is -2.37. The second-order valence-electron chi connectivity index (χ2n) is 5.74. The first-order valence-electron chi connectivity index (χ1n) is 7.18. The number of fused-ring (bicyclic) bond motifs is 1. The molecule has 0 radical (unpaired) electrons. The van der Waals surface area contributed by atoms with Crippen LogP contribution in [-0.4, -0.2) is 11.8 Å². The Kier molecular flexibility index (Phi) is 4.91. The molecule has 0 aromatic heterocycles. The summed E-state index contributed by atoms with van der Waals surface area (Å²) in [5.41, 5.74) is 3.60. The third-order valence-corrected chi connectivity index (χ3v) is 5.48. The largest absolute Gasteiger partial charge is 0.309 e. The Morgan fingerprint density at radius 1 is 1.42 bits per heavy atom. The van der Waals surface area contributed by atoms with E-state index in [1.54, 1.807) is 12.1 Å². The van der Waals surface area contributed by atoms with Gasteiger partial charge in [0.05, 0.1) is 0 Å². The average molecular weight is 281 g/mol. The summed E-state index contributed by atoms with van der Waals surface area (Å²) in [7, 11) is 0. The van der Waals surface area contributed by atoms with Crippen molar-refractivity contribution in [2.75, 3.05) is 6.54 Å². The van der Waals surface area contributed by atoms with Crippen molar-refractivity contribution in [1.29, 1.82) is 0 Å². The highest BCUT2D eigenvalue weighted by Crippen LogP contribution is 2.42. The number of hydrogen-bond donors (Lipinski definition) is 1. The molecule has 0 saturated carbocycles. The number of rotatable bonds is 4. The van der Waals surface area contributed by atoms with E-state index in [1.165, 1.54) is 11.1 Å².